The average molecular weight is 402 g/mol. The van der Waals surface area contributed by atoms with Gasteiger partial charge in [0.2, 0.25) is 5.95 Å². The Morgan fingerprint density at radius 3 is 2.72 bits per heavy atom. The summed E-state index contributed by atoms with van der Waals surface area (Å²) in [7, 11) is 1.30. The molecule has 2 N–H and O–H groups in total. The number of anilines is 1. The lowest BCUT2D eigenvalue weighted by atomic mass is 9.90. The molecular weight excluding hydrogens is 376 g/mol. The quantitative estimate of drug-likeness (QED) is 0.501. The number of carbonyl (C=O) groups excluding carboxylic acids is 2. The van der Waals surface area contributed by atoms with E-state index in [1.807, 2.05) is 15.7 Å². The molecule has 1 amide bonds. The van der Waals surface area contributed by atoms with Crippen LogP contribution in [0.1, 0.15) is 35.4 Å². The molecule has 156 valence electrons. The molecule has 0 aromatic carbocycles. The minimum Gasteiger partial charge on any atom is -0.464 e. The molecule has 3 rings (SSSR count). The van der Waals surface area contributed by atoms with Crippen molar-refractivity contribution in [3.63, 3.8) is 0 Å². The third-order valence-electron chi connectivity index (χ3n) is 4.97. The summed E-state index contributed by atoms with van der Waals surface area (Å²) in [6.07, 6.45) is 6.56. The standard InChI is InChI=1S/C19H26N6O4/c1-14-12-15(16(26)29-2)23-18(22-14)25-9-4-19(28,5-10-25)17(27)21-6-3-8-24-11-7-20-13-24/h7,11-13,28H,3-6,8-10H2,1-2H3,(H,21,27). The fourth-order valence-corrected chi connectivity index (χ4v) is 3.25. The van der Waals surface area contributed by atoms with Crippen LogP contribution in [0, 0.1) is 6.92 Å². The van der Waals surface area contributed by atoms with Gasteiger partial charge in [-0.25, -0.2) is 19.7 Å². The van der Waals surface area contributed by atoms with Crippen LogP contribution in [0.2, 0.25) is 0 Å². The Labute approximate surface area is 168 Å². The first-order valence-electron chi connectivity index (χ1n) is 9.57. The average Bonchev–Trinajstić information content (AvgIpc) is 3.24. The number of carbonyl (C=O) groups is 2. The number of aryl methyl sites for hydroxylation is 2. The molecule has 1 aliphatic rings. The molecule has 29 heavy (non-hydrogen) atoms. The van der Waals surface area contributed by atoms with Crippen molar-refractivity contribution in [3.8, 4) is 0 Å². The van der Waals surface area contributed by atoms with E-state index in [1.54, 1.807) is 25.5 Å². The molecule has 0 atom stereocenters. The maximum Gasteiger partial charge on any atom is 0.356 e. The largest absolute Gasteiger partial charge is 0.464 e. The maximum atomic E-state index is 12.5. The van der Waals surface area contributed by atoms with Crippen molar-refractivity contribution in [2.45, 2.75) is 38.3 Å². The Balaban J connectivity index is 1.52. The van der Waals surface area contributed by atoms with Crippen molar-refractivity contribution in [2.24, 2.45) is 0 Å². The number of nitrogens with zero attached hydrogens (tertiary/aromatic N) is 5. The van der Waals surface area contributed by atoms with Gasteiger partial charge in [-0.3, -0.25) is 4.79 Å². The third kappa shape index (κ3) is 5.08. The van der Waals surface area contributed by atoms with Crippen molar-refractivity contribution in [3.05, 3.63) is 36.2 Å². The third-order valence-corrected chi connectivity index (χ3v) is 4.97. The first-order chi connectivity index (χ1) is 13.9. The number of piperidine rings is 1. The van der Waals surface area contributed by atoms with Crippen LogP contribution in [0.3, 0.4) is 0 Å². The van der Waals surface area contributed by atoms with Crippen molar-refractivity contribution in [1.82, 2.24) is 24.8 Å². The number of methoxy groups -OCH3 is 1. The molecule has 10 nitrogen and oxygen atoms in total. The van der Waals surface area contributed by atoms with Gasteiger partial charge in [0.15, 0.2) is 5.69 Å². The molecule has 2 aromatic heterocycles. The number of hydrogen-bond acceptors (Lipinski definition) is 8. The number of hydrogen-bond donors (Lipinski definition) is 2. The molecule has 10 heteroatoms. The predicted octanol–water partition coefficient (Wildman–Crippen LogP) is 0.306. The number of ether oxygens (including phenoxy) is 1. The number of nitrogens with one attached hydrogen (secondary N) is 1. The fourth-order valence-electron chi connectivity index (χ4n) is 3.25. The fraction of sp³-hybridized carbons (Fsp3) is 0.526. The second-order valence-electron chi connectivity index (χ2n) is 7.11. The summed E-state index contributed by atoms with van der Waals surface area (Å²) < 4.78 is 6.66. The zero-order chi connectivity index (χ0) is 20.9. The van der Waals surface area contributed by atoms with Gasteiger partial charge >= 0.3 is 5.97 Å². The SMILES string of the molecule is COC(=O)c1cc(C)nc(N2CCC(O)(C(=O)NCCCn3ccnc3)CC2)n1. The van der Waals surface area contributed by atoms with E-state index in [0.29, 0.717) is 31.3 Å². The van der Waals surface area contributed by atoms with E-state index in [4.69, 9.17) is 4.74 Å². The summed E-state index contributed by atoms with van der Waals surface area (Å²) in [6.45, 7) is 3.81. The van der Waals surface area contributed by atoms with Gasteiger partial charge in [-0.05, 0) is 19.4 Å². The van der Waals surface area contributed by atoms with Gasteiger partial charge in [-0.2, -0.15) is 0 Å². The lowest BCUT2D eigenvalue weighted by Gasteiger charge is -2.37. The van der Waals surface area contributed by atoms with Gasteiger partial charge in [0, 0.05) is 57.1 Å². The molecule has 2 aromatic rings. The molecule has 1 aliphatic heterocycles. The second-order valence-corrected chi connectivity index (χ2v) is 7.11. The highest BCUT2D eigenvalue weighted by molar-refractivity contribution is 5.87. The molecule has 1 saturated heterocycles. The molecule has 3 heterocycles. The normalized spacial score (nSPS) is 15.8. The summed E-state index contributed by atoms with van der Waals surface area (Å²) in [5.74, 6) is -0.489. The molecule has 0 radical (unpaired) electrons. The second kappa shape index (κ2) is 8.99. The highest BCUT2D eigenvalue weighted by Crippen LogP contribution is 2.25. The number of amides is 1. The molecule has 0 spiro atoms. The summed E-state index contributed by atoms with van der Waals surface area (Å²) in [4.78, 5) is 38.7. The summed E-state index contributed by atoms with van der Waals surface area (Å²) in [5, 5.41) is 13.6. The lowest BCUT2D eigenvalue weighted by molar-refractivity contribution is -0.141. The van der Waals surface area contributed by atoms with Crippen LogP contribution in [0.15, 0.2) is 24.8 Å². The zero-order valence-electron chi connectivity index (χ0n) is 16.7. The van der Waals surface area contributed by atoms with E-state index in [-0.39, 0.29) is 24.4 Å². The molecule has 0 saturated carbocycles. The van der Waals surface area contributed by atoms with Crippen LogP contribution < -0.4 is 10.2 Å². The Bertz CT molecular complexity index is 846. The molecule has 0 aliphatic carbocycles. The van der Waals surface area contributed by atoms with Crippen molar-refractivity contribution in [2.75, 3.05) is 31.6 Å². The molecule has 1 fully saturated rings. The van der Waals surface area contributed by atoms with Gasteiger partial charge < -0.3 is 24.6 Å². The highest BCUT2D eigenvalue weighted by atomic mass is 16.5. The van der Waals surface area contributed by atoms with E-state index in [9.17, 15) is 14.7 Å². The van der Waals surface area contributed by atoms with E-state index in [1.165, 1.54) is 7.11 Å². The molecular formula is C19H26N6O4. The number of rotatable bonds is 7. The highest BCUT2D eigenvalue weighted by Gasteiger charge is 2.39. The Morgan fingerprint density at radius 2 is 2.07 bits per heavy atom. The minimum atomic E-state index is -1.42. The van der Waals surface area contributed by atoms with Gasteiger partial charge in [-0.15, -0.1) is 0 Å². The Hall–Kier alpha value is -3.01. The van der Waals surface area contributed by atoms with E-state index >= 15 is 0 Å². The number of imidazole rings is 1. The molecule has 0 bridgehead atoms. The van der Waals surface area contributed by atoms with Crippen molar-refractivity contribution >= 4 is 17.8 Å². The van der Waals surface area contributed by atoms with E-state index in [2.05, 4.69) is 20.3 Å². The minimum absolute atomic E-state index is 0.187. The lowest BCUT2D eigenvalue weighted by Crippen LogP contribution is -2.54. The number of aliphatic hydroxyl groups is 1. The monoisotopic (exact) mass is 402 g/mol. The van der Waals surface area contributed by atoms with Gasteiger partial charge in [0.05, 0.1) is 13.4 Å². The summed E-state index contributed by atoms with van der Waals surface area (Å²) in [6, 6.07) is 1.56. The predicted molar refractivity (Wildman–Crippen MR) is 104 cm³/mol. The van der Waals surface area contributed by atoms with Crippen LogP contribution in [0.5, 0.6) is 0 Å². The van der Waals surface area contributed by atoms with Crippen molar-refractivity contribution < 1.29 is 19.4 Å². The summed E-state index contributed by atoms with van der Waals surface area (Å²) >= 11 is 0. The number of esters is 1. The zero-order valence-corrected chi connectivity index (χ0v) is 16.7. The Morgan fingerprint density at radius 1 is 1.31 bits per heavy atom. The van der Waals surface area contributed by atoms with Crippen LogP contribution in [0.4, 0.5) is 5.95 Å². The number of aromatic nitrogens is 4. The smallest absolute Gasteiger partial charge is 0.356 e. The van der Waals surface area contributed by atoms with Gasteiger partial charge in [0.1, 0.15) is 5.60 Å². The van der Waals surface area contributed by atoms with Crippen molar-refractivity contribution in [1.29, 1.82) is 0 Å². The van der Waals surface area contributed by atoms with E-state index < -0.39 is 11.6 Å². The van der Waals surface area contributed by atoms with Crippen LogP contribution >= 0.6 is 0 Å². The Kier molecular flexibility index (Phi) is 6.42. The maximum absolute atomic E-state index is 12.5. The van der Waals surface area contributed by atoms with Crippen LogP contribution in [0.25, 0.3) is 0 Å². The first kappa shape index (κ1) is 20.7. The van der Waals surface area contributed by atoms with Crippen LogP contribution in [-0.4, -0.2) is 68.8 Å². The van der Waals surface area contributed by atoms with Gasteiger partial charge in [-0.1, -0.05) is 0 Å². The van der Waals surface area contributed by atoms with E-state index in [0.717, 1.165) is 13.0 Å². The summed E-state index contributed by atoms with van der Waals surface area (Å²) in [5.41, 5.74) is -0.584. The van der Waals surface area contributed by atoms with Gasteiger partial charge in [0.25, 0.3) is 5.91 Å². The van der Waals surface area contributed by atoms with Crippen LogP contribution in [-0.2, 0) is 16.1 Å². The topological polar surface area (TPSA) is 122 Å². The first-order valence-corrected chi connectivity index (χ1v) is 9.57. The molecule has 0 unspecified atom stereocenters.